The van der Waals surface area contributed by atoms with Crippen LogP contribution in [0.1, 0.15) is 15.2 Å². The summed E-state index contributed by atoms with van der Waals surface area (Å²) in [5.74, 6) is 0.931. The molecule has 0 amide bonds. The Morgan fingerprint density at radius 2 is 1.35 bits per heavy atom. The van der Waals surface area contributed by atoms with E-state index in [2.05, 4.69) is 60.1 Å². The largest absolute Gasteiger partial charge is 0.326 e. The highest BCUT2D eigenvalue weighted by Crippen LogP contribution is 2.38. The van der Waals surface area contributed by atoms with Crippen LogP contribution >= 0.6 is 11.3 Å². The molecule has 3 nitrogen and oxygen atoms in total. The molecule has 0 aliphatic heterocycles. The quantitative estimate of drug-likeness (QED) is 0.233. The molecule has 2 heterocycles. The summed E-state index contributed by atoms with van der Waals surface area (Å²) < 4.78 is 2.16. The van der Waals surface area contributed by atoms with E-state index < -0.39 is 0 Å². The molecule has 0 radical (unpaired) electrons. The Kier molecular flexibility index (Phi) is 4.01. The first kappa shape index (κ1) is 18.0. The second-order valence-corrected chi connectivity index (χ2v) is 8.73. The topological polar surface area (TPSA) is 34.9 Å². The Hall–Kier alpha value is -3.76. The third kappa shape index (κ3) is 2.72. The summed E-state index contributed by atoms with van der Waals surface area (Å²) >= 11 is 1.50. The van der Waals surface area contributed by atoms with Crippen LogP contribution in [0.25, 0.3) is 43.3 Å². The van der Waals surface area contributed by atoms with Crippen LogP contribution in [-0.4, -0.2) is 15.3 Å². The Morgan fingerprint density at radius 1 is 0.742 bits per heavy atom. The monoisotopic (exact) mass is 418 g/mol. The van der Waals surface area contributed by atoms with Gasteiger partial charge in [-0.3, -0.25) is 4.79 Å². The van der Waals surface area contributed by atoms with Gasteiger partial charge >= 0.3 is 0 Å². The van der Waals surface area contributed by atoms with Crippen LogP contribution in [0.5, 0.6) is 0 Å². The number of aryl methyl sites for hydroxylation is 1. The lowest BCUT2D eigenvalue weighted by molar-refractivity contribution is 0.104. The number of carbonyl (C=O) groups excluding carboxylic acids is 1. The van der Waals surface area contributed by atoms with E-state index in [1.54, 1.807) is 0 Å². The number of imidazole rings is 1. The van der Waals surface area contributed by atoms with Crippen LogP contribution < -0.4 is 0 Å². The van der Waals surface area contributed by atoms with Gasteiger partial charge in [-0.1, -0.05) is 78.9 Å². The molecule has 0 atom stereocenters. The first-order valence-corrected chi connectivity index (χ1v) is 11.0. The lowest BCUT2D eigenvalue weighted by atomic mass is 10.00. The molecule has 0 fully saturated rings. The summed E-state index contributed by atoms with van der Waals surface area (Å²) in [6, 6.07) is 30.3. The van der Waals surface area contributed by atoms with Crippen LogP contribution in [0, 0.1) is 0 Å². The van der Waals surface area contributed by atoms with E-state index in [-0.39, 0.29) is 5.78 Å². The average molecular weight is 419 g/mol. The van der Waals surface area contributed by atoms with Crippen LogP contribution in [0.15, 0.2) is 91.0 Å². The Labute approximate surface area is 183 Å². The minimum atomic E-state index is 0.0477. The highest BCUT2D eigenvalue weighted by Gasteiger charge is 2.19. The molecule has 31 heavy (non-hydrogen) atoms. The van der Waals surface area contributed by atoms with E-state index >= 15 is 0 Å². The number of carbonyl (C=O) groups is 1. The fourth-order valence-electron chi connectivity index (χ4n) is 4.38. The molecule has 0 N–H and O–H groups in total. The highest BCUT2D eigenvalue weighted by atomic mass is 32.1. The number of nitrogens with zero attached hydrogens (tertiary/aromatic N) is 2. The van der Waals surface area contributed by atoms with Gasteiger partial charge in [0.2, 0.25) is 5.78 Å². The van der Waals surface area contributed by atoms with Gasteiger partial charge in [0.1, 0.15) is 0 Å². The molecule has 0 unspecified atom stereocenters. The maximum absolute atomic E-state index is 12.9. The summed E-state index contributed by atoms with van der Waals surface area (Å²) in [6.45, 7) is 0. The highest BCUT2D eigenvalue weighted by molar-refractivity contribution is 7.17. The Bertz CT molecular complexity index is 1610. The first-order valence-electron chi connectivity index (χ1n) is 10.2. The number of hydrogen-bond acceptors (Lipinski definition) is 3. The summed E-state index contributed by atoms with van der Waals surface area (Å²) in [7, 11) is 2.06. The molecule has 0 aliphatic carbocycles. The molecular formula is C27H18N2OS. The van der Waals surface area contributed by atoms with Gasteiger partial charge in [-0.25, -0.2) is 4.98 Å². The van der Waals surface area contributed by atoms with Crippen molar-refractivity contribution in [2.45, 2.75) is 0 Å². The molecular weight excluding hydrogens is 400 g/mol. The third-order valence-corrected chi connectivity index (χ3v) is 6.92. The summed E-state index contributed by atoms with van der Waals surface area (Å²) in [5, 5.41) is 4.78. The van der Waals surface area contributed by atoms with Crippen molar-refractivity contribution in [2.75, 3.05) is 0 Å². The first-order chi connectivity index (χ1) is 15.2. The molecule has 0 aliphatic rings. The molecule has 6 rings (SSSR count). The zero-order chi connectivity index (χ0) is 20.9. The lowest BCUT2D eigenvalue weighted by Gasteiger charge is -2.07. The normalized spacial score (nSPS) is 11.5. The maximum atomic E-state index is 12.9. The van der Waals surface area contributed by atoms with E-state index in [1.165, 1.54) is 27.5 Å². The molecule has 0 bridgehead atoms. The second-order valence-electron chi connectivity index (χ2n) is 7.64. The van der Waals surface area contributed by atoms with Gasteiger partial charge in [0.05, 0.1) is 20.8 Å². The fraction of sp³-hybridized carbons (Fsp3) is 0.0370. The summed E-state index contributed by atoms with van der Waals surface area (Å²) in [5.41, 5.74) is 2.82. The fourth-order valence-corrected chi connectivity index (χ4v) is 5.37. The second kappa shape index (κ2) is 6.89. The predicted molar refractivity (Wildman–Crippen MR) is 129 cm³/mol. The molecule has 6 aromatic rings. The SMILES string of the molecule is Cn1c(-c2ccc(C(=O)c3ccccc3)s2)nc2c3ccccc3c3ccccc3c21. The standard InChI is InChI=1S/C27H18N2OS/c1-29-25-21-14-8-6-12-19(21)18-11-5-7-13-20(18)24(25)28-27(29)23-16-15-22(31-23)26(30)17-9-3-2-4-10-17/h2-16H,1H3. The maximum Gasteiger partial charge on any atom is 0.202 e. The minimum absolute atomic E-state index is 0.0477. The van der Waals surface area contributed by atoms with Crippen LogP contribution in [-0.2, 0) is 7.05 Å². The predicted octanol–water partition coefficient (Wildman–Crippen LogP) is 6.84. The number of hydrogen-bond donors (Lipinski definition) is 0. The van der Waals surface area contributed by atoms with Crippen molar-refractivity contribution in [3.05, 3.63) is 101 Å². The van der Waals surface area contributed by atoms with Crippen molar-refractivity contribution < 1.29 is 4.79 Å². The molecule has 4 aromatic carbocycles. The number of fused-ring (bicyclic) bond motifs is 6. The van der Waals surface area contributed by atoms with E-state index in [9.17, 15) is 4.79 Å². The van der Waals surface area contributed by atoms with Crippen molar-refractivity contribution in [1.29, 1.82) is 0 Å². The number of aromatic nitrogens is 2. The van der Waals surface area contributed by atoms with E-state index in [4.69, 9.17) is 4.98 Å². The van der Waals surface area contributed by atoms with E-state index in [1.807, 2.05) is 42.5 Å². The van der Waals surface area contributed by atoms with Gasteiger partial charge in [-0.05, 0) is 22.9 Å². The van der Waals surface area contributed by atoms with Crippen molar-refractivity contribution >= 4 is 49.7 Å². The van der Waals surface area contributed by atoms with Crippen molar-refractivity contribution in [2.24, 2.45) is 7.05 Å². The van der Waals surface area contributed by atoms with Gasteiger partial charge in [0.25, 0.3) is 0 Å². The number of benzene rings is 4. The average Bonchev–Trinajstić information content (AvgIpc) is 3.44. The van der Waals surface area contributed by atoms with E-state index in [0.29, 0.717) is 5.56 Å². The number of rotatable bonds is 3. The molecule has 0 saturated heterocycles. The molecule has 4 heteroatoms. The zero-order valence-electron chi connectivity index (χ0n) is 16.9. The van der Waals surface area contributed by atoms with Crippen molar-refractivity contribution in [1.82, 2.24) is 9.55 Å². The van der Waals surface area contributed by atoms with E-state index in [0.717, 1.165) is 32.0 Å². The third-order valence-electron chi connectivity index (χ3n) is 5.84. The van der Waals surface area contributed by atoms with Gasteiger partial charge < -0.3 is 4.57 Å². The Morgan fingerprint density at radius 3 is 2.10 bits per heavy atom. The van der Waals surface area contributed by atoms with Gasteiger partial charge in [0.15, 0.2) is 5.82 Å². The zero-order valence-corrected chi connectivity index (χ0v) is 17.7. The van der Waals surface area contributed by atoms with Crippen molar-refractivity contribution in [3.63, 3.8) is 0 Å². The van der Waals surface area contributed by atoms with Gasteiger partial charge in [0, 0.05) is 23.4 Å². The van der Waals surface area contributed by atoms with Gasteiger partial charge in [-0.15, -0.1) is 11.3 Å². The lowest BCUT2D eigenvalue weighted by Crippen LogP contribution is -1.97. The molecule has 2 aromatic heterocycles. The van der Waals surface area contributed by atoms with Crippen LogP contribution in [0.2, 0.25) is 0 Å². The number of thiophene rings is 1. The van der Waals surface area contributed by atoms with Crippen molar-refractivity contribution in [3.8, 4) is 10.7 Å². The summed E-state index contributed by atoms with van der Waals surface area (Å²) in [6.07, 6.45) is 0. The molecule has 0 spiro atoms. The smallest absolute Gasteiger partial charge is 0.202 e. The van der Waals surface area contributed by atoms with Crippen LogP contribution in [0.3, 0.4) is 0 Å². The minimum Gasteiger partial charge on any atom is -0.326 e. The molecule has 0 saturated carbocycles. The number of ketones is 1. The summed E-state index contributed by atoms with van der Waals surface area (Å²) in [4.78, 5) is 19.7. The van der Waals surface area contributed by atoms with Crippen LogP contribution in [0.4, 0.5) is 0 Å². The Balaban J connectivity index is 1.58. The molecule has 148 valence electrons. The van der Waals surface area contributed by atoms with Gasteiger partial charge in [-0.2, -0.15) is 0 Å².